The Labute approximate surface area is 192 Å². The summed E-state index contributed by atoms with van der Waals surface area (Å²) in [4.78, 5) is 13.1. The maximum absolute atomic E-state index is 14.7. The Morgan fingerprint density at radius 3 is 2.38 bits per heavy atom. The lowest BCUT2D eigenvalue weighted by atomic mass is 9.91. The molecular formula is C24H22F5N3O2. The first kappa shape index (κ1) is 25.1. The summed E-state index contributed by atoms with van der Waals surface area (Å²) in [5.74, 6) is -3.05. The van der Waals surface area contributed by atoms with Crippen molar-refractivity contribution >= 4 is 6.41 Å². The molecule has 1 aliphatic heterocycles. The fourth-order valence-electron chi connectivity index (χ4n) is 3.81. The van der Waals surface area contributed by atoms with E-state index in [9.17, 15) is 22.0 Å². The number of hydrogen-bond acceptors (Lipinski definition) is 4. The molecule has 4 N–H and O–H groups in total. The Kier molecular flexibility index (Phi) is 7.51. The number of carbonyl (C=O) groups is 1. The molecule has 0 radical (unpaired) electrons. The Balaban J connectivity index is 0.00000103. The predicted molar refractivity (Wildman–Crippen MR) is 116 cm³/mol. The summed E-state index contributed by atoms with van der Waals surface area (Å²) in [6.07, 6.45) is -4.73. The number of hydrogen-bond donors (Lipinski definition) is 2. The Morgan fingerprint density at radius 1 is 1.15 bits per heavy atom. The number of carbonyl (C=O) groups excluding carboxylic acids is 1. The lowest BCUT2D eigenvalue weighted by Crippen LogP contribution is -2.16. The maximum Gasteiger partial charge on any atom is 0.419 e. The lowest BCUT2D eigenvalue weighted by Gasteiger charge is -2.19. The van der Waals surface area contributed by atoms with Crippen LogP contribution in [0.1, 0.15) is 41.1 Å². The molecule has 0 bridgehead atoms. The summed E-state index contributed by atoms with van der Waals surface area (Å²) in [7, 11) is 0. The van der Waals surface area contributed by atoms with E-state index in [1.54, 1.807) is 6.07 Å². The zero-order valence-corrected chi connectivity index (χ0v) is 18.1. The molecular weight excluding hydrogens is 457 g/mol. The van der Waals surface area contributed by atoms with E-state index >= 15 is 0 Å². The average molecular weight is 479 g/mol. The van der Waals surface area contributed by atoms with Gasteiger partial charge in [0.2, 0.25) is 6.41 Å². The van der Waals surface area contributed by atoms with E-state index in [1.807, 2.05) is 37.3 Å². The molecule has 180 valence electrons. The van der Waals surface area contributed by atoms with E-state index in [1.165, 1.54) is 0 Å². The van der Waals surface area contributed by atoms with Crippen molar-refractivity contribution in [1.29, 1.82) is 0 Å². The van der Waals surface area contributed by atoms with Gasteiger partial charge in [0.25, 0.3) is 0 Å². The SMILES string of the molecule is CC1COc2c1cc(C(CN)c1ccccc1)nc2-c1cc(C(F)(F)F)c(F)cc1F.NC=O. The number of alkyl halides is 3. The molecule has 1 amide bonds. The molecule has 0 spiro atoms. The number of pyridine rings is 1. The summed E-state index contributed by atoms with van der Waals surface area (Å²) in [5.41, 5.74) is 10.1. The molecule has 2 unspecified atom stereocenters. The Hall–Kier alpha value is -3.53. The summed E-state index contributed by atoms with van der Waals surface area (Å²) in [6.45, 7) is 2.35. The van der Waals surface area contributed by atoms with Gasteiger partial charge in [0, 0.05) is 35.6 Å². The van der Waals surface area contributed by atoms with Crippen molar-refractivity contribution in [3.05, 3.63) is 82.5 Å². The van der Waals surface area contributed by atoms with E-state index in [4.69, 9.17) is 15.3 Å². The van der Waals surface area contributed by atoms with Gasteiger partial charge in [-0.05, 0) is 17.7 Å². The molecule has 3 aromatic rings. The first-order chi connectivity index (χ1) is 16.1. The summed E-state index contributed by atoms with van der Waals surface area (Å²) in [6, 6.07) is 11.7. The molecule has 2 atom stereocenters. The second-order valence-electron chi connectivity index (χ2n) is 7.67. The molecule has 4 rings (SSSR count). The third-order valence-corrected chi connectivity index (χ3v) is 5.44. The fraction of sp³-hybridized carbons (Fsp3) is 0.250. The van der Waals surface area contributed by atoms with Gasteiger partial charge in [-0.25, -0.2) is 13.8 Å². The predicted octanol–water partition coefficient (Wildman–Crippen LogP) is 4.73. The van der Waals surface area contributed by atoms with Crippen molar-refractivity contribution in [1.82, 2.24) is 4.98 Å². The van der Waals surface area contributed by atoms with Crippen LogP contribution in [0.5, 0.6) is 5.75 Å². The maximum atomic E-state index is 14.7. The number of aromatic nitrogens is 1. The number of benzene rings is 2. The highest BCUT2D eigenvalue weighted by atomic mass is 19.4. The van der Waals surface area contributed by atoms with Crippen LogP contribution in [0.25, 0.3) is 11.3 Å². The Bertz CT molecular complexity index is 1170. The van der Waals surface area contributed by atoms with Gasteiger partial charge in [-0.15, -0.1) is 0 Å². The second-order valence-corrected chi connectivity index (χ2v) is 7.67. The zero-order chi connectivity index (χ0) is 25.0. The number of halogens is 5. The van der Waals surface area contributed by atoms with Gasteiger partial charge in [0.1, 0.15) is 23.1 Å². The van der Waals surface area contributed by atoms with Gasteiger partial charge in [0.05, 0.1) is 17.9 Å². The van der Waals surface area contributed by atoms with Crippen LogP contribution in [0.4, 0.5) is 22.0 Å². The first-order valence-electron chi connectivity index (χ1n) is 10.3. The summed E-state index contributed by atoms with van der Waals surface area (Å²) < 4.78 is 74.0. The summed E-state index contributed by atoms with van der Waals surface area (Å²) >= 11 is 0. The van der Waals surface area contributed by atoms with Crippen LogP contribution in [0.2, 0.25) is 0 Å². The van der Waals surface area contributed by atoms with Gasteiger partial charge < -0.3 is 16.2 Å². The van der Waals surface area contributed by atoms with Crippen molar-refractivity contribution in [3.8, 4) is 17.0 Å². The highest BCUT2D eigenvalue weighted by Gasteiger charge is 2.36. The van der Waals surface area contributed by atoms with Crippen LogP contribution < -0.4 is 16.2 Å². The van der Waals surface area contributed by atoms with Crippen LogP contribution in [-0.2, 0) is 11.0 Å². The molecule has 34 heavy (non-hydrogen) atoms. The van der Waals surface area contributed by atoms with E-state index in [-0.39, 0.29) is 48.9 Å². The third kappa shape index (κ3) is 5.01. The molecule has 1 aromatic heterocycles. The van der Waals surface area contributed by atoms with Gasteiger partial charge >= 0.3 is 6.18 Å². The minimum Gasteiger partial charge on any atom is -0.490 e. The van der Waals surface area contributed by atoms with Crippen molar-refractivity contribution in [2.45, 2.75) is 24.9 Å². The normalized spacial score (nSPS) is 15.6. The van der Waals surface area contributed by atoms with Gasteiger partial charge in [-0.2, -0.15) is 13.2 Å². The standard InChI is InChI=1S/C23H19F5N2O.CH3NO/c1-12-11-31-22-14(12)8-20(16(10-29)13-5-3-2-4-6-13)30-21(22)15-7-17(23(26,27)28)19(25)9-18(15)24;2-1-3/h2-9,12,16H,10-11,29H2,1H3;1H,(H2,2,3). The number of rotatable bonds is 4. The third-order valence-electron chi connectivity index (χ3n) is 5.44. The fourth-order valence-corrected chi connectivity index (χ4v) is 3.81. The monoisotopic (exact) mass is 479 g/mol. The Morgan fingerprint density at radius 2 is 1.79 bits per heavy atom. The molecule has 0 aliphatic carbocycles. The van der Waals surface area contributed by atoms with Crippen LogP contribution in [-0.4, -0.2) is 24.5 Å². The molecule has 10 heteroatoms. The van der Waals surface area contributed by atoms with E-state index in [0.717, 1.165) is 5.56 Å². The van der Waals surface area contributed by atoms with Crippen molar-refractivity contribution < 1.29 is 31.5 Å². The number of amides is 1. The van der Waals surface area contributed by atoms with Crippen molar-refractivity contribution in [2.75, 3.05) is 13.2 Å². The molecule has 1 aliphatic rings. The number of ether oxygens (including phenoxy) is 1. The van der Waals surface area contributed by atoms with Gasteiger partial charge in [0.15, 0.2) is 0 Å². The lowest BCUT2D eigenvalue weighted by molar-refractivity contribution is -0.140. The largest absolute Gasteiger partial charge is 0.490 e. The van der Waals surface area contributed by atoms with E-state index < -0.39 is 28.9 Å². The first-order valence-corrected chi connectivity index (χ1v) is 10.3. The van der Waals surface area contributed by atoms with Crippen LogP contribution in [0.15, 0.2) is 48.5 Å². The van der Waals surface area contributed by atoms with Crippen LogP contribution in [0, 0.1) is 11.6 Å². The minimum absolute atomic E-state index is 0.0738. The van der Waals surface area contributed by atoms with Crippen molar-refractivity contribution in [3.63, 3.8) is 0 Å². The highest BCUT2D eigenvalue weighted by Crippen LogP contribution is 2.44. The van der Waals surface area contributed by atoms with Gasteiger partial charge in [-0.3, -0.25) is 4.79 Å². The van der Waals surface area contributed by atoms with Crippen LogP contribution in [0.3, 0.4) is 0 Å². The highest BCUT2D eigenvalue weighted by molar-refractivity contribution is 5.71. The molecule has 5 nitrogen and oxygen atoms in total. The molecule has 0 fully saturated rings. The zero-order valence-electron chi connectivity index (χ0n) is 18.1. The van der Waals surface area contributed by atoms with Crippen LogP contribution >= 0.6 is 0 Å². The summed E-state index contributed by atoms with van der Waals surface area (Å²) in [5, 5.41) is 0. The molecule has 0 saturated heterocycles. The topological polar surface area (TPSA) is 91.2 Å². The number of nitrogens with zero attached hydrogens (tertiary/aromatic N) is 1. The second kappa shape index (κ2) is 10.2. The minimum atomic E-state index is -4.98. The molecule has 2 aromatic carbocycles. The van der Waals surface area contributed by atoms with Gasteiger partial charge in [-0.1, -0.05) is 37.3 Å². The number of primary amides is 1. The molecule has 0 saturated carbocycles. The quantitative estimate of drug-likeness (QED) is 0.418. The van der Waals surface area contributed by atoms with E-state index in [0.29, 0.717) is 17.3 Å². The molecule has 2 heterocycles. The smallest absolute Gasteiger partial charge is 0.419 e. The number of fused-ring (bicyclic) bond motifs is 1. The van der Waals surface area contributed by atoms with Crippen molar-refractivity contribution in [2.24, 2.45) is 11.5 Å². The number of nitrogens with two attached hydrogens (primary N) is 2. The average Bonchev–Trinajstić information content (AvgIpc) is 3.15. The van der Waals surface area contributed by atoms with E-state index in [2.05, 4.69) is 10.7 Å².